The maximum Gasteiger partial charge on any atom is 0.324 e. The predicted molar refractivity (Wildman–Crippen MR) is 60.5 cm³/mol. The molecule has 1 heterocycles. The minimum atomic E-state index is -2.26. The molecule has 0 aromatic heterocycles. The van der Waals surface area contributed by atoms with Crippen LogP contribution in [0.15, 0.2) is 24.3 Å². The first-order valence-electron chi connectivity index (χ1n) is 5.47. The lowest BCUT2D eigenvalue weighted by Crippen LogP contribution is -2.58. The normalized spacial score (nSPS) is 34.0. The molecule has 2 N–H and O–H groups in total. The fourth-order valence-corrected chi connectivity index (χ4v) is 2.82. The van der Waals surface area contributed by atoms with E-state index in [0.717, 1.165) is 9.80 Å². The summed E-state index contributed by atoms with van der Waals surface area (Å²) in [6, 6.07) is 5.74. The first-order chi connectivity index (χ1) is 8.36. The van der Waals surface area contributed by atoms with Crippen molar-refractivity contribution in [1.82, 2.24) is 9.80 Å². The van der Waals surface area contributed by atoms with Gasteiger partial charge in [0.15, 0.2) is 0 Å². The molecule has 2 aliphatic rings. The fraction of sp³-hybridized carbons (Fsp3) is 0.333. The number of aliphatic hydroxyl groups is 2. The maximum atomic E-state index is 12.3. The van der Waals surface area contributed by atoms with E-state index in [1.54, 1.807) is 12.1 Å². The molecule has 0 saturated carbocycles. The van der Waals surface area contributed by atoms with Crippen molar-refractivity contribution in [2.24, 2.45) is 0 Å². The molecule has 1 aliphatic heterocycles. The van der Waals surface area contributed by atoms with Crippen molar-refractivity contribution in [2.45, 2.75) is 11.4 Å². The van der Waals surface area contributed by atoms with Gasteiger partial charge in [-0.15, -0.1) is 0 Å². The van der Waals surface area contributed by atoms with Crippen LogP contribution in [0.25, 0.3) is 0 Å². The third-order valence-electron chi connectivity index (χ3n) is 3.89. The first-order valence-corrected chi connectivity index (χ1v) is 5.47. The number of fused-ring (bicyclic) bond motifs is 3. The highest BCUT2D eigenvalue weighted by Crippen LogP contribution is 2.51. The van der Waals surface area contributed by atoms with Crippen LogP contribution in [-0.4, -0.2) is 51.6 Å². The van der Waals surface area contributed by atoms with Gasteiger partial charge in [0.1, 0.15) is 0 Å². The number of nitrogens with zero attached hydrogens (tertiary/aromatic N) is 2. The Balaban J connectivity index is 2.38. The number of carbonyl (C=O) groups is 2. The molecule has 94 valence electrons. The molecule has 6 nitrogen and oxygen atoms in total. The minimum absolute atomic E-state index is 0.230. The van der Waals surface area contributed by atoms with Gasteiger partial charge in [0.05, 0.1) is 0 Å². The number of Topliss-reactive ketones (excluding diaryl/α,β-unsaturated/α-hetero) is 1. The molecule has 1 aliphatic carbocycles. The summed E-state index contributed by atoms with van der Waals surface area (Å²) in [7, 11) is 2.65. The molecule has 1 fully saturated rings. The molecular weight excluding hydrogens is 236 g/mol. The molecular formula is C12H12N2O4. The Kier molecular flexibility index (Phi) is 1.81. The van der Waals surface area contributed by atoms with Crippen molar-refractivity contribution in [3.05, 3.63) is 35.4 Å². The third-order valence-corrected chi connectivity index (χ3v) is 3.89. The number of benzene rings is 1. The molecule has 1 saturated heterocycles. The van der Waals surface area contributed by atoms with Gasteiger partial charge in [-0.1, -0.05) is 24.3 Å². The Morgan fingerprint density at radius 2 is 1.56 bits per heavy atom. The lowest BCUT2D eigenvalue weighted by Gasteiger charge is -2.34. The highest BCUT2D eigenvalue weighted by atomic mass is 16.4. The quantitative estimate of drug-likeness (QED) is 0.661. The Hall–Kier alpha value is -1.92. The van der Waals surface area contributed by atoms with Crippen LogP contribution >= 0.6 is 0 Å². The van der Waals surface area contributed by atoms with Gasteiger partial charge in [0, 0.05) is 25.2 Å². The van der Waals surface area contributed by atoms with E-state index in [9.17, 15) is 19.8 Å². The van der Waals surface area contributed by atoms with E-state index < -0.39 is 23.3 Å². The maximum absolute atomic E-state index is 12.3. The zero-order chi connectivity index (χ0) is 13.3. The first kappa shape index (κ1) is 11.2. The molecule has 6 heteroatoms. The summed E-state index contributed by atoms with van der Waals surface area (Å²) in [6.07, 6.45) is 0. The Morgan fingerprint density at radius 1 is 1.00 bits per heavy atom. The average Bonchev–Trinajstić information content (AvgIpc) is 2.65. The van der Waals surface area contributed by atoms with Crippen LogP contribution < -0.4 is 0 Å². The molecule has 0 spiro atoms. The number of amides is 2. The average molecular weight is 248 g/mol. The lowest BCUT2D eigenvalue weighted by molar-refractivity contribution is -0.192. The summed E-state index contributed by atoms with van der Waals surface area (Å²) in [5, 5.41) is 21.3. The number of hydrogen-bond donors (Lipinski definition) is 2. The smallest absolute Gasteiger partial charge is 0.324 e. The predicted octanol–water partition coefficient (Wildman–Crippen LogP) is -0.286. The van der Waals surface area contributed by atoms with E-state index in [0.29, 0.717) is 0 Å². The zero-order valence-corrected chi connectivity index (χ0v) is 9.91. The number of carbonyl (C=O) groups excluding carboxylic acids is 2. The highest BCUT2D eigenvalue weighted by molar-refractivity contribution is 6.11. The van der Waals surface area contributed by atoms with Gasteiger partial charge in [-0.05, 0) is 0 Å². The molecule has 0 unspecified atom stereocenters. The van der Waals surface area contributed by atoms with E-state index in [4.69, 9.17) is 0 Å². The van der Waals surface area contributed by atoms with E-state index >= 15 is 0 Å². The Labute approximate surface area is 103 Å². The molecule has 18 heavy (non-hydrogen) atoms. The summed E-state index contributed by atoms with van der Waals surface area (Å²) in [5.41, 5.74) is -3.82. The van der Waals surface area contributed by atoms with Gasteiger partial charge >= 0.3 is 6.03 Å². The molecule has 0 bridgehead atoms. The zero-order valence-electron chi connectivity index (χ0n) is 9.91. The molecule has 2 amide bonds. The fourth-order valence-electron chi connectivity index (χ4n) is 2.82. The number of hydrogen-bond acceptors (Lipinski definition) is 4. The van der Waals surface area contributed by atoms with Crippen LogP contribution in [0.5, 0.6) is 0 Å². The van der Waals surface area contributed by atoms with E-state index in [-0.39, 0.29) is 11.1 Å². The lowest BCUT2D eigenvalue weighted by atomic mass is 9.99. The third kappa shape index (κ3) is 0.824. The summed E-state index contributed by atoms with van der Waals surface area (Å²) in [4.78, 5) is 26.0. The number of urea groups is 1. The van der Waals surface area contributed by atoms with Gasteiger partial charge in [0.2, 0.25) is 11.5 Å². The van der Waals surface area contributed by atoms with Gasteiger partial charge in [-0.2, -0.15) is 0 Å². The SMILES string of the molecule is CN1C(=O)N(C)[C@@]2(O)C(=O)c3ccccc3[C@@]12O. The van der Waals surface area contributed by atoms with E-state index in [1.165, 1.54) is 26.2 Å². The van der Waals surface area contributed by atoms with Gasteiger partial charge in [0.25, 0.3) is 5.72 Å². The van der Waals surface area contributed by atoms with Crippen molar-refractivity contribution in [1.29, 1.82) is 0 Å². The standard InChI is InChI=1S/C12H12N2O4/c1-13-10(16)14(2)12(18)9(15)7-5-3-4-6-8(7)11(12,13)17/h3-6,17-18H,1-2H3/t11-,12+/m0/s1. The van der Waals surface area contributed by atoms with Crippen LogP contribution in [0.1, 0.15) is 15.9 Å². The Bertz CT molecular complexity index is 587. The molecule has 3 rings (SSSR count). The summed E-state index contributed by atoms with van der Waals surface area (Å²) in [6.45, 7) is 0. The topological polar surface area (TPSA) is 81.1 Å². The van der Waals surface area contributed by atoms with Crippen molar-refractivity contribution in [3.8, 4) is 0 Å². The van der Waals surface area contributed by atoms with Gasteiger partial charge in [-0.3, -0.25) is 14.6 Å². The van der Waals surface area contributed by atoms with Crippen molar-refractivity contribution < 1.29 is 19.8 Å². The monoisotopic (exact) mass is 248 g/mol. The summed E-state index contributed by atoms with van der Waals surface area (Å²) < 4.78 is 0. The summed E-state index contributed by atoms with van der Waals surface area (Å²) >= 11 is 0. The largest absolute Gasteiger partial charge is 0.362 e. The molecule has 1 aromatic rings. The van der Waals surface area contributed by atoms with Crippen LogP contribution in [0.4, 0.5) is 4.79 Å². The second kappa shape index (κ2) is 2.90. The van der Waals surface area contributed by atoms with Crippen LogP contribution in [0.3, 0.4) is 0 Å². The molecule has 0 radical (unpaired) electrons. The summed E-state index contributed by atoms with van der Waals surface area (Å²) in [5.74, 6) is -0.666. The molecule has 1 aromatic carbocycles. The number of likely N-dealkylation sites (N-methyl/N-ethyl adjacent to an activating group) is 2. The highest BCUT2D eigenvalue weighted by Gasteiger charge is 2.73. The van der Waals surface area contributed by atoms with Crippen LogP contribution in [-0.2, 0) is 5.72 Å². The Morgan fingerprint density at radius 3 is 2.22 bits per heavy atom. The minimum Gasteiger partial charge on any atom is -0.362 e. The van der Waals surface area contributed by atoms with Crippen LogP contribution in [0.2, 0.25) is 0 Å². The van der Waals surface area contributed by atoms with E-state index in [1.807, 2.05) is 0 Å². The van der Waals surface area contributed by atoms with Gasteiger partial charge < -0.3 is 10.2 Å². The van der Waals surface area contributed by atoms with Crippen molar-refractivity contribution >= 4 is 11.8 Å². The second-order valence-corrected chi connectivity index (χ2v) is 4.62. The number of ketones is 1. The van der Waals surface area contributed by atoms with Gasteiger partial charge in [-0.25, -0.2) is 4.79 Å². The van der Waals surface area contributed by atoms with E-state index in [2.05, 4.69) is 0 Å². The van der Waals surface area contributed by atoms with Crippen molar-refractivity contribution in [3.63, 3.8) is 0 Å². The van der Waals surface area contributed by atoms with Crippen LogP contribution in [0, 0.1) is 0 Å². The molecule has 2 atom stereocenters. The van der Waals surface area contributed by atoms with Crippen molar-refractivity contribution in [2.75, 3.05) is 14.1 Å². The number of rotatable bonds is 0. The second-order valence-electron chi connectivity index (χ2n) is 4.62.